The van der Waals surface area contributed by atoms with E-state index in [1.165, 1.54) is 27.8 Å². The monoisotopic (exact) mass is 324 g/mol. The fourth-order valence-electron chi connectivity index (χ4n) is 4.55. The van der Waals surface area contributed by atoms with Crippen molar-refractivity contribution in [2.24, 2.45) is 0 Å². The summed E-state index contributed by atoms with van der Waals surface area (Å²) in [6, 6.07) is 30.8. The van der Waals surface area contributed by atoms with Crippen LogP contribution in [-0.2, 0) is 5.41 Å². The molecular formula is C25H24. The Bertz CT molecular complexity index is 848. The van der Waals surface area contributed by atoms with Gasteiger partial charge in [-0.25, -0.2) is 0 Å². The molecule has 0 aromatic heterocycles. The van der Waals surface area contributed by atoms with Crippen LogP contribution in [0.25, 0.3) is 6.08 Å². The van der Waals surface area contributed by atoms with E-state index in [1.54, 1.807) is 0 Å². The van der Waals surface area contributed by atoms with Gasteiger partial charge in [0.15, 0.2) is 0 Å². The maximum atomic E-state index is 2.43. The molecule has 4 rings (SSSR count). The Morgan fingerprint density at radius 2 is 1.24 bits per heavy atom. The third-order valence-electron chi connectivity index (χ3n) is 5.80. The van der Waals surface area contributed by atoms with Crippen LogP contribution in [0.2, 0.25) is 0 Å². The predicted molar refractivity (Wildman–Crippen MR) is 107 cm³/mol. The number of rotatable bonds is 4. The summed E-state index contributed by atoms with van der Waals surface area (Å²) in [5.74, 6) is 0.427. The van der Waals surface area contributed by atoms with Crippen LogP contribution in [0.5, 0.6) is 0 Å². The first-order chi connectivity index (χ1) is 12.3. The third kappa shape index (κ3) is 2.44. The molecule has 0 N–H and O–H groups in total. The van der Waals surface area contributed by atoms with Gasteiger partial charge >= 0.3 is 0 Å². The van der Waals surface area contributed by atoms with Gasteiger partial charge in [0.1, 0.15) is 0 Å². The molecule has 0 heterocycles. The molecule has 124 valence electrons. The first-order valence-electron chi connectivity index (χ1n) is 9.19. The lowest BCUT2D eigenvalue weighted by molar-refractivity contribution is 0.550. The predicted octanol–water partition coefficient (Wildman–Crippen LogP) is 6.58. The van der Waals surface area contributed by atoms with Gasteiger partial charge < -0.3 is 0 Å². The lowest BCUT2D eigenvalue weighted by Crippen LogP contribution is -2.30. The number of hydrogen-bond donors (Lipinski definition) is 0. The molecule has 3 aromatic rings. The van der Waals surface area contributed by atoms with Gasteiger partial charge in [-0.2, -0.15) is 0 Å². The van der Waals surface area contributed by atoms with Crippen LogP contribution in [0.15, 0.2) is 90.5 Å². The number of benzene rings is 3. The average Bonchev–Trinajstić information content (AvgIpc) is 3.02. The summed E-state index contributed by atoms with van der Waals surface area (Å²) in [6.07, 6.45) is 3.48. The Morgan fingerprint density at radius 1 is 0.720 bits per heavy atom. The molecule has 0 heteroatoms. The minimum atomic E-state index is -0.0824. The van der Waals surface area contributed by atoms with Crippen molar-refractivity contribution >= 4 is 6.08 Å². The first kappa shape index (κ1) is 15.9. The SMILES string of the molecule is CCC(C1=Cc2ccccc2C1C)(c1ccccc1)c1ccccc1. The first-order valence-corrected chi connectivity index (χ1v) is 9.19. The van der Waals surface area contributed by atoms with Crippen molar-refractivity contribution in [3.8, 4) is 0 Å². The fourth-order valence-corrected chi connectivity index (χ4v) is 4.55. The van der Waals surface area contributed by atoms with E-state index in [4.69, 9.17) is 0 Å². The highest BCUT2D eigenvalue weighted by atomic mass is 14.4. The summed E-state index contributed by atoms with van der Waals surface area (Å²) in [7, 11) is 0. The molecular weight excluding hydrogens is 300 g/mol. The van der Waals surface area contributed by atoms with E-state index >= 15 is 0 Å². The van der Waals surface area contributed by atoms with E-state index in [2.05, 4.69) is 105 Å². The molecule has 0 saturated heterocycles. The molecule has 0 radical (unpaired) electrons. The Hall–Kier alpha value is -2.60. The van der Waals surface area contributed by atoms with Crippen LogP contribution in [-0.4, -0.2) is 0 Å². The van der Waals surface area contributed by atoms with Crippen LogP contribution < -0.4 is 0 Å². The van der Waals surface area contributed by atoms with Crippen molar-refractivity contribution < 1.29 is 0 Å². The average molecular weight is 324 g/mol. The molecule has 0 amide bonds. The normalized spacial score (nSPS) is 16.4. The van der Waals surface area contributed by atoms with Crippen molar-refractivity contribution in [3.05, 3.63) is 113 Å². The van der Waals surface area contributed by atoms with Crippen molar-refractivity contribution in [1.29, 1.82) is 0 Å². The third-order valence-corrected chi connectivity index (χ3v) is 5.80. The van der Waals surface area contributed by atoms with Crippen molar-refractivity contribution in [3.63, 3.8) is 0 Å². The van der Waals surface area contributed by atoms with Crippen LogP contribution in [0.3, 0.4) is 0 Å². The molecule has 3 aromatic carbocycles. The van der Waals surface area contributed by atoms with E-state index in [0.717, 1.165) is 6.42 Å². The molecule has 25 heavy (non-hydrogen) atoms. The Kier molecular flexibility index (Phi) is 4.05. The highest BCUT2D eigenvalue weighted by Crippen LogP contribution is 2.51. The molecule has 0 aliphatic heterocycles. The highest BCUT2D eigenvalue weighted by molar-refractivity contribution is 5.71. The zero-order valence-corrected chi connectivity index (χ0v) is 14.9. The van der Waals surface area contributed by atoms with Crippen LogP contribution in [0.1, 0.15) is 48.4 Å². The van der Waals surface area contributed by atoms with Gasteiger partial charge in [-0.15, -0.1) is 0 Å². The number of fused-ring (bicyclic) bond motifs is 1. The van der Waals surface area contributed by atoms with Gasteiger partial charge in [-0.1, -0.05) is 105 Å². The summed E-state index contributed by atoms with van der Waals surface area (Å²) in [5, 5.41) is 0. The van der Waals surface area contributed by atoms with E-state index < -0.39 is 0 Å². The van der Waals surface area contributed by atoms with Crippen molar-refractivity contribution in [1.82, 2.24) is 0 Å². The second-order valence-electron chi connectivity index (χ2n) is 6.94. The molecule has 1 aliphatic rings. The van der Waals surface area contributed by atoms with Gasteiger partial charge in [0.05, 0.1) is 0 Å². The lowest BCUT2D eigenvalue weighted by atomic mass is 9.64. The number of hydrogen-bond acceptors (Lipinski definition) is 0. The molecule has 0 saturated carbocycles. The molecule has 0 spiro atoms. The summed E-state index contributed by atoms with van der Waals surface area (Å²) >= 11 is 0. The summed E-state index contributed by atoms with van der Waals surface area (Å²) in [4.78, 5) is 0. The Morgan fingerprint density at radius 3 is 1.76 bits per heavy atom. The van der Waals surface area contributed by atoms with Crippen molar-refractivity contribution in [2.75, 3.05) is 0 Å². The standard InChI is InChI=1S/C25H24/c1-3-25(21-13-6-4-7-14-21,22-15-8-5-9-16-22)24-18-20-12-10-11-17-23(20)19(24)2/h4-19H,3H2,1-2H3. The molecule has 1 unspecified atom stereocenters. The van der Waals surface area contributed by atoms with Crippen LogP contribution in [0, 0.1) is 0 Å². The number of allylic oxidation sites excluding steroid dienone is 1. The van der Waals surface area contributed by atoms with E-state index in [9.17, 15) is 0 Å². The molecule has 1 aliphatic carbocycles. The Labute approximate surface area is 150 Å². The fraction of sp³-hybridized carbons (Fsp3) is 0.200. The maximum absolute atomic E-state index is 2.43. The summed E-state index contributed by atoms with van der Waals surface area (Å²) < 4.78 is 0. The van der Waals surface area contributed by atoms with Gasteiger partial charge in [0.25, 0.3) is 0 Å². The van der Waals surface area contributed by atoms with Gasteiger partial charge in [-0.05, 0) is 34.2 Å². The molecule has 0 bridgehead atoms. The van der Waals surface area contributed by atoms with Crippen LogP contribution >= 0.6 is 0 Å². The quantitative estimate of drug-likeness (QED) is 0.508. The minimum Gasteiger partial charge on any atom is -0.0639 e. The summed E-state index contributed by atoms with van der Waals surface area (Å²) in [6.45, 7) is 4.67. The smallest absolute Gasteiger partial charge is 0.0417 e. The van der Waals surface area contributed by atoms with E-state index in [-0.39, 0.29) is 5.41 Å². The maximum Gasteiger partial charge on any atom is 0.0417 e. The van der Waals surface area contributed by atoms with Crippen molar-refractivity contribution in [2.45, 2.75) is 31.6 Å². The topological polar surface area (TPSA) is 0 Å². The minimum absolute atomic E-state index is 0.0824. The molecule has 1 atom stereocenters. The highest BCUT2D eigenvalue weighted by Gasteiger charge is 2.41. The Balaban J connectivity index is 1.97. The molecule has 0 fully saturated rings. The second-order valence-corrected chi connectivity index (χ2v) is 6.94. The lowest BCUT2D eigenvalue weighted by Gasteiger charge is -2.38. The van der Waals surface area contributed by atoms with E-state index in [1.807, 2.05) is 0 Å². The molecule has 0 nitrogen and oxygen atoms in total. The van der Waals surface area contributed by atoms with Gasteiger partial charge in [0, 0.05) is 11.3 Å². The largest absolute Gasteiger partial charge is 0.0639 e. The second kappa shape index (κ2) is 6.37. The zero-order valence-electron chi connectivity index (χ0n) is 14.9. The summed E-state index contributed by atoms with van der Waals surface area (Å²) in [5.41, 5.74) is 7.01. The van der Waals surface area contributed by atoms with Gasteiger partial charge in [-0.3, -0.25) is 0 Å². The van der Waals surface area contributed by atoms with Gasteiger partial charge in [0.2, 0.25) is 0 Å². The van der Waals surface area contributed by atoms with E-state index in [0.29, 0.717) is 5.92 Å². The zero-order chi connectivity index (χ0) is 17.3. The van der Waals surface area contributed by atoms with Crippen LogP contribution in [0.4, 0.5) is 0 Å².